The molecular formula is C21H20F3N3O2S. The monoisotopic (exact) mass is 435 g/mol. The van der Waals surface area contributed by atoms with E-state index in [0.717, 1.165) is 27.9 Å². The van der Waals surface area contributed by atoms with Crippen LogP contribution in [0.1, 0.15) is 24.0 Å². The Morgan fingerprint density at radius 3 is 2.50 bits per heavy atom. The molecule has 0 bridgehead atoms. The number of amides is 2. The highest BCUT2D eigenvalue weighted by molar-refractivity contribution is 7.20. The smallest absolute Gasteiger partial charge is 0.416 e. The maximum atomic E-state index is 12.6. The van der Waals surface area contributed by atoms with Crippen molar-refractivity contribution in [2.75, 3.05) is 18.4 Å². The quantitative estimate of drug-likeness (QED) is 0.574. The Balaban J connectivity index is 1.30. The summed E-state index contributed by atoms with van der Waals surface area (Å²) in [6.45, 7) is 3.02. The Labute approximate surface area is 175 Å². The van der Waals surface area contributed by atoms with Crippen molar-refractivity contribution >= 4 is 33.3 Å². The lowest BCUT2D eigenvalue weighted by atomic mass is 10.1. The molecule has 0 unspecified atom stereocenters. The van der Waals surface area contributed by atoms with Gasteiger partial charge in [-0.05, 0) is 42.8 Å². The van der Waals surface area contributed by atoms with E-state index in [4.69, 9.17) is 4.74 Å². The van der Waals surface area contributed by atoms with Crippen molar-refractivity contribution in [1.29, 1.82) is 0 Å². The van der Waals surface area contributed by atoms with Gasteiger partial charge in [0, 0.05) is 31.6 Å². The number of rotatable bonds is 3. The summed E-state index contributed by atoms with van der Waals surface area (Å²) < 4.78 is 45.0. The number of para-hydroxylation sites is 1. The summed E-state index contributed by atoms with van der Waals surface area (Å²) >= 11 is 1.51. The van der Waals surface area contributed by atoms with E-state index in [-0.39, 0.29) is 12.1 Å². The van der Waals surface area contributed by atoms with Gasteiger partial charge in [0.05, 0.1) is 15.8 Å². The molecule has 0 radical (unpaired) electrons. The van der Waals surface area contributed by atoms with Gasteiger partial charge in [-0.25, -0.2) is 9.78 Å². The van der Waals surface area contributed by atoms with Gasteiger partial charge in [-0.15, -0.1) is 0 Å². The van der Waals surface area contributed by atoms with E-state index in [1.807, 2.05) is 25.1 Å². The number of likely N-dealkylation sites (tertiary alicyclic amines) is 1. The van der Waals surface area contributed by atoms with Crippen molar-refractivity contribution in [3.63, 3.8) is 0 Å². The molecule has 2 aromatic carbocycles. The number of urea groups is 1. The van der Waals surface area contributed by atoms with Gasteiger partial charge < -0.3 is 15.0 Å². The molecule has 2 amide bonds. The van der Waals surface area contributed by atoms with E-state index in [1.54, 1.807) is 4.90 Å². The first-order chi connectivity index (χ1) is 14.3. The molecule has 30 heavy (non-hydrogen) atoms. The van der Waals surface area contributed by atoms with Crippen molar-refractivity contribution in [1.82, 2.24) is 9.88 Å². The van der Waals surface area contributed by atoms with E-state index in [2.05, 4.69) is 10.3 Å². The summed E-state index contributed by atoms with van der Waals surface area (Å²) in [5.74, 6) is 0. The number of halogens is 3. The largest absolute Gasteiger partial charge is 0.467 e. The SMILES string of the molecule is Cc1cccc2sc(OC3CCN(C(=O)Nc4ccc(C(F)(F)F)cc4)CC3)nc12. The van der Waals surface area contributed by atoms with Gasteiger partial charge >= 0.3 is 12.2 Å². The third-order valence-corrected chi connectivity index (χ3v) is 5.97. The van der Waals surface area contributed by atoms with Crippen LogP contribution in [-0.4, -0.2) is 35.1 Å². The third-order valence-electron chi connectivity index (χ3n) is 5.06. The molecule has 2 heterocycles. The molecule has 0 spiro atoms. The average Bonchev–Trinajstić information content (AvgIpc) is 3.12. The number of anilines is 1. The van der Waals surface area contributed by atoms with Gasteiger partial charge in [0.25, 0.3) is 5.19 Å². The summed E-state index contributed by atoms with van der Waals surface area (Å²) in [5, 5.41) is 3.28. The normalized spacial score (nSPS) is 15.4. The fourth-order valence-electron chi connectivity index (χ4n) is 3.38. The molecule has 1 aromatic heterocycles. The Bertz CT molecular complexity index is 1040. The van der Waals surface area contributed by atoms with Crippen LogP contribution < -0.4 is 10.1 Å². The van der Waals surface area contributed by atoms with Crippen molar-refractivity contribution in [3.05, 3.63) is 53.6 Å². The number of fused-ring (bicyclic) bond motifs is 1. The molecule has 0 atom stereocenters. The number of piperidine rings is 1. The van der Waals surface area contributed by atoms with Crippen LogP contribution in [0.5, 0.6) is 5.19 Å². The number of ether oxygens (including phenoxy) is 1. The van der Waals surface area contributed by atoms with Crippen molar-refractivity contribution in [2.45, 2.75) is 32.0 Å². The molecule has 5 nitrogen and oxygen atoms in total. The lowest BCUT2D eigenvalue weighted by molar-refractivity contribution is -0.137. The molecule has 0 saturated carbocycles. The van der Waals surface area contributed by atoms with E-state index >= 15 is 0 Å². The predicted molar refractivity (Wildman–Crippen MR) is 110 cm³/mol. The van der Waals surface area contributed by atoms with Crippen LogP contribution >= 0.6 is 11.3 Å². The molecule has 1 aliphatic rings. The molecule has 9 heteroatoms. The van der Waals surface area contributed by atoms with Crippen LogP contribution in [0.4, 0.5) is 23.7 Å². The maximum absolute atomic E-state index is 12.6. The Kier molecular flexibility index (Phi) is 5.55. The summed E-state index contributed by atoms with van der Waals surface area (Å²) in [4.78, 5) is 18.6. The number of aryl methyl sites for hydroxylation is 1. The molecule has 4 rings (SSSR count). The standard InChI is InChI=1S/C21H20F3N3O2S/c1-13-3-2-4-17-18(13)26-20(30-17)29-16-9-11-27(12-10-16)19(28)25-15-7-5-14(6-8-15)21(22,23)24/h2-8,16H,9-12H2,1H3,(H,25,28). The molecule has 3 aromatic rings. The molecule has 1 aliphatic heterocycles. The van der Waals surface area contributed by atoms with Gasteiger partial charge in [-0.1, -0.05) is 23.5 Å². The summed E-state index contributed by atoms with van der Waals surface area (Å²) in [5.41, 5.74) is 1.64. The highest BCUT2D eigenvalue weighted by atomic mass is 32.1. The van der Waals surface area contributed by atoms with Crippen LogP contribution in [0.3, 0.4) is 0 Å². The predicted octanol–water partition coefficient (Wildman–Crippen LogP) is 5.70. The van der Waals surface area contributed by atoms with E-state index in [1.165, 1.54) is 23.5 Å². The van der Waals surface area contributed by atoms with Crippen LogP contribution in [0.25, 0.3) is 10.2 Å². The minimum atomic E-state index is -4.40. The van der Waals surface area contributed by atoms with Gasteiger partial charge in [-0.2, -0.15) is 13.2 Å². The summed E-state index contributed by atoms with van der Waals surface area (Å²) in [6, 6.07) is 10.1. The first-order valence-corrected chi connectivity index (χ1v) is 10.4. The number of benzene rings is 2. The van der Waals surface area contributed by atoms with Crippen LogP contribution in [0.15, 0.2) is 42.5 Å². The van der Waals surface area contributed by atoms with E-state index in [9.17, 15) is 18.0 Å². The zero-order valence-corrected chi connectivity index (χ0v) is 17.0. The number of alkyl halides is 3. The zero-order chi connectivity index (χ0) is 21.3. The second-order valence-electron chi connectivity index (χ2n) is 7.21. The number of hydrogen-bond donors (Lipinski definition) is 1. The van der Waals surface area contributed by atoms with Crippen molar-refractivity contribution < 1.29 is 22.7 Å². The first kappa shape index (κ1) is 20.5. The van der Waals surface area contributed by atoms with Crippen LogP contribution in [0, 0.1) is 6.92 Å². The molecule has 1 N–H and O–H groups in total. The van der Waals surface area contributed by atoms with Gasteiger partial charge in [0.1, 0.15) is 6.10 Å². The van der Waals surface area contributed by atoms with Gasteiger partial charge in [-0.3, -0.25) is 0 Å². The fourth-order valence-corrected chi connectivity index (χ4v) is 4.34. The number of hydrogen-bond acceptors (Lipinski definition) is 4. The average molecular weight is 435 g/mol. The topological polar surface area (TPSA) is 54.5 Å². The molecule has 1 fully saturated rings. The van der Waals surface area contributed by atoms with E-state index < -0.39 is 11.7 Å². The third kappa shape index (κ3) is 4.51. The maximum Gasteiger partial charge on any atom is 0.416 e. The molecule has 158 valence electrons. The second kappa shape index (κ2) is 8.14. The highest BCUT2D eigenvalue weighted by Crippen LogP contribution is 2.32. The van der Waals surface area contributed by atoms with Crippen molar-refractivity contribution in [3.8, 4) is 5.19 Å². The molecule has 0 aliphatic carbocycles. The minimum absolute atomic E-state index is 0.0269. The Morgan fingerprint density at radius 1 is 1.17 bits per heavy atom. The number of carbonyl (C=O) groups excluding carboxylic acids is 1. The summed E-state index contributed by atoms with van der Waals surface area (Å²) in [6.07, 6.45) is -3.10. The number of nitrogens with one attached hydrogen (secondary N) is 1. The fraction of sp³-hybridized carbons (Fsp3) is 0.333. The zero-order valence-electron chi connectivity index (χ0n) is 16.2. The van der Waals surface area contributed by atoms with Crippen LogP contribution in [0.2, 0.25) is 0 Å². The number of nitrogens with zero attached hydrogens (tertiary/aromatic N) is 2. The summed E-state index contributed by atoms with van der Waals surface area (Å²) in [7, 11) is 0. The van der Waals surface area contributed by atoms with Crippen LogP contribution in [-0.2, 0) is 6.18 Å². The number of carbonyl (C=O) groups is 1. The number of thiazole rings is 1. The molecule has 1 saturated heterocycles. The second-order valence-corrected chi connectivity index (χ2v) is 8.20. The highest BCUT2D eigenvalue weighted by Gasteiger charge is 2.30. The lowest BCUT2D eigenvalue weighted by Gasteiger charge is -2.31. The first-order valence-electron chi connectivity index (χ1n) is 9.55. The molecular weight excluding hydrogens is 415 g/mol. The Hall–Kier alpha value is -2.81. The van der Waals surface area contributed by atoms with Gasteiger partial charge in [0.15, 0.2) is 0 Å². The lowest BCUT2D eigenvalue weighted by Crippen LogP contribution is -2.43. The number of aromatic nitrogens is 1. The van der Waals surface area contributed by atoms with Crippen molar-refractivity contribution in [2.24, 2.45) is 0 Å². The minimum Gasteiger partial charge on any atom is -0.467 e. The Morgan fingerprint density at radius 2 is 1.87 bits per heavy atom. The van der Waals surface area contributed by atoms with Gasteiger partial charge in [0.2, 0.25) is 0 Å². The van der Waals surface area contributed by atoms with E-state index in [0.29, 0.717) is 36.8 Å².